The zero-order valence-corrected chi connectivity index (χ0v) is 10.9. The molecule has 1 rings (SSSR count). The summed E-state index contributed by atoms with van der Waals surface area (Å²) in [5.74, 6) is 0.00329. The number of carbonyl (C=O) groups excluding carboxylic acids is 1. The maximum absolute atomic E-state index is 11.7. The smallest absolute Gasteiger partial charge is 0.223 e. The summed E-state index contributed by atoms with van der Waals surface area (Å²) in [6.07, 6.45) is 2.44. The van der Waals surface area contributed by atoms with E-state index in [9.17, 15) is 13.2 Å². The van der Waals surface area contributed by atoms with Crippen LogP contribution < -0.4 is 5.32 Å². The maximum atomic E-state index is 11.7. The van der Waals surface area contributed by atoms with Crippen molar-refractivity contribution in [1.82, 2.24) is 9.62 Å². The molecule has 0 aromatic heterocycles. The lowest BCUT2D eigenvalue weighted by Gasteiger charge is -2.29. The van der Waals surface area contributed by atoms with Crippen LogP contribution in [0.4, 0.5) is 0 Å². The number of nitrogens with zero attached hydrogens (tertiary/aromatic N) is 1. The van der Waals surface area contributed by atoms with Crippen molar-refractivity contribution in [2.24, 2.45) is 5.92 Å². The van der Waals surface area contributed by atoms with Crippen LogP contribution in [0.2, 0.25) is 0 Å². The second kappa shape index (κ2) is 5.14. The van der Waals surface area contributed by atoms with E-state index in [0.29, 0.717) is 25.9 Å². The van der Waals surface area contributed by atoms with Crippen LogP contribution in [0.1, 0.15) is 26.7 Å². The third kappa shape index (κ3) is 3.75. The van der Waals surface area contributed by atoms with Gasteiger partial charge in [0, 0.05) is 25.0 Å². The van der Waals surface area contributed by atoms with E-state index >= 15 is 0 Å². The molecule has 0 bridgehead atoms. The average Bonchev–Trinajstić information content (AvgIpc) is 2.15. The summed E-state index contributed by atoms with van der Waals surface area (Å²) in [5, 5.41) is 2.86. The van der Waals surface area contributed by atoms with Crippen LogP contribution in [-0.4, -0.2) is 44.0 Å². The van der Waals surface area contributed by atoms with E-state index in [1.54, 1.807) is 0 Å². The zero-order valence-electron chi connectivity index (χ0n) is 10.1. The van der Waals surface area contributed by atoms with Crippen molar-refractivity contribution in [3.05, 3.63) is 0 Å². The monoisotopic (exact) mass is 248 g/mol. The molecule has 1 N–H and O–H groups in total. The van der Waals surface area contributed by atoms with Crippen molar-refractivity contribution in [1.29, 1.82) is 0 Å². The normalized spacial score (nSPS) is 20.0. The Balaban J connectivity index is 2.46. The van der Waals surface area contributed by atoms with E-state index in [1.165, 1.54) is 10.6 Å². The summed E-state index contributed by atoms with van der Waals surface area (Å²) in [6, 6.07) is 0.139. The third-order valence-corrected chi connectivity index (χ3v) is 4.03. The van der Waals surface area contributed by atoms with Gasteiger partial charge in [-0.3, -0.25) is 4.79 Å². The van der Waals surface area contributed by atoms with Gasteiger partial charge in [0.25, 0.3) is 0 Å². The highest BCUT2D eigenvalue weighted by molar-refractivity contribution is 7.88. The standard InChI is InChI=1S/C10H20N2O3S/c1-8(2)11-10(13)9-4-6-12(7-5-9)16(3,14)15/h8-9H,4-7H2,1-3H3,(H,11,13). The van der Waals surface area contributed by atoms with Crippen LogP contribution in [0.25, 0.3) is 0 Å². The fourth-order valence-corrected chi connectivity index (χ4v) is 2.73. The number of carbonyl (C=O) groups is 1. The molecule has 94 valence electrons. The summed E-state index contributed by atoms with van der Waals surface area (Å²) in [6.45, 7) is 4.75. The molecule has 0 atom stereocenters. The van der Waals surface area contributed by atoms with Gasteiger partial charge in [-0.25, -0.2) is 12.7 Å². The summed E-state index contributed by atoms with van der Waals surface area (Å²) in [7, 11) is -3.10. The second-order valence-electron chi connectivity index (χ2n) is 4.60. The van der Waals surface area contributed by atoms with E-state index in [4.69, 9.17) is 0 Å². The topological polar surface area (TPSA) is 66.5 Å². The Hall–Kier alpha value is -0.620. The SMILES string of the molecule is CC(C)NC(=O)C1CCN(S(C)(=O)=O)CC1. The minimum atomic E-state index is -3.10. The van der Waals surface area contributed by atoms with Gasteiger partial charge in [-0.05, 0) is 26.7 Å². The molecule has 0 aliphatic carbocycles. The molecule has 0 aromatic rings. The number of piperidine rings is 1. The van der Waals surface area contributed by atoms with Crippen molar-refractivity contribution >= 4 is 15.9 Å². The van der Waals surface area contributed by atoms with E-state index in [1.807, 2.05) is 13.8 Å². The van der Waals surface area contributed by atoms with E-state index in [0.717, 1.165) is 0 Å². The highest BCUT2D eigenvalue weighted by atomic mass is 32.2. The lowest BCUT2D eigenvalue weighted by atomic mass is 9.97. The quantitative estimate of drug-likeness (QED) is 0.775. The molecule has 0 unspecified atom stereocenters. The summed E-state index contributed by atoms with van der Waals surface area (Å²) < 4.78 is 24.0. The molecule has 1 amide bonds. The van der Waals surface area contributed by atoms with Gasteiger partial charge in [0.05, 0.1) is 6.26 Å². The number of nitrogens with one attached hydrogen (secondary N) is 1. The lowest BCUT2D eigenvalue weighted by molar-refractivity contribution is -0.126. The van der Waals surface area contributed by atoms with Gasteiger partial charge < -0.3 is 5.32 Å². The van der Waals surface area contributed by atoms with Gasteiger partial charge in [0.1, 0.15) is 0 Å². The number of amides is 1. The molecule has 1 saturated heterocycles. The fourth-order valence-electron chi connectivity index (χ4n) is 1.85. The highest BCUT2D eigenvalue weighted by Gasteiger charge is 2.28. The highest BCUT2D eigenvalue weighted by Crippen LogP contribution is 2.19. The van der Waals surface area contributed by atoms with Gasteiger partial charge in [-0.2, -0.15) is 0 Å². The molecule has 5 nitrogen and oxygen atoms in total. The van der Waals surface area contributed by atoms with Crippen LogP contribution in [-0.2, 0) is 14.8 Å². The first kappa shape index (κ1) is 13.4. The Kier molecular flexibility index (Phi) is 4.32. The minimum Gasteiger partial charge on any atom is -0.354 e. The van der Waals surface area contributed by atoms with Gasteiger partial charge in [0.15, 0.2) is 0 Å². The third-order valence-electron chi connectivity index (χ3n) is 2.72. The van der Waals surface area contributed by atoms with Gasteiger partial charge in [-0.15, -0.1) is 0 Å². The van der Waals surface area contributed by atoms with Crippen molar-refractivity contribution < 1.29 is 13.2 Å². The molecular weight excluding hydrogens is 228 g/mol. The molecule has 0 spiro atoms. The molecule has 1 aliphatic heterocycles. The summed E-state index contributed by atoms with van der Waals surface area (Å²) in [4.78, 5) is 11.7. The molecule has 16 heavy (non-hydrogen) atoms. The Morgan fingerprint density at radius 1 is 1.31 bits per heavy atom. The Labute approximate surface area is 97.2 Å². The Bertz CT molecular complexity index is 343. The van der Waals surface area contributed by atoms with Crippen LogP contribution >= 0.6 is 0 Å². The number of rotatable bonds is 3. The van der Waals surface area contributed by atoms with Crippen LogP contribution in [0.3, 0.4) is 0 Å². The van der Waals surface area contributed by atoms with Crippen molar-refractivity contribution in [2.45, 2.75) is 32.7 Å². The van der Waals surface area contributed by atoms with E-state index in [2.05, 4.69) is 5.32 Å². The van der Waals surface area contributed by atoms with Crippen LogP contribution in [0.5, 0.6) is 0 Å². The number of hydrogen-bond donors (Lipinski definition) is 1. The predicted molar refractivity (Wildman–Crippen MR) is 62.4 cm³/mol. The van der Waals surface area contributed by atoms with E-state index < -0.39 is 10.0 Å². The molecular formula is C10H20N2O3S. The summed E-state index contributed by atoms with van der Waals surface area (Å²) >= 11 is 0. The van der Waals surface area contributed by atoms with Crippen molar-refractivity contribution in [2.75, 3.05) is 19.3 Å². The molecule has 1 fully saturated rings. The molecule has 6 heteroatoms. The first-order valence-corrected chi connectivity index (χ1v) is 7.41. The Morgan fingerprint density at radius 3 is 2.19 bits per heavy atom. The van der Waals surface area contributed by atoms with Crippen LogP contribution in [0, 0.1) is 5.92 Å². The first-order valence-electron chi connectivity index (χ1n) is 5.56. The van der Waals surface area contributed by atoms with Crippen molar-refractivity contribution in [3.63, 3.8) is 0 Å². The summed E-state index contributed by atoms with van der Waals surface area (Å²) in [5.41, 5.74) is 0. The molecule has 0 radical (unpaired) electrons. The molecule has 1 aliphatic rings. The average molecular weight is 248 g/mol. The minimum absolute atomic E-state index is 0.0413. The largest absolute Gasteiger partial charge is 0.354 e. The predicted octanol–water partition coefficient (Wildman–Crippen LogP) is 0.183. The van der Waals surface area contributed by atoms with Gasteiger partial charge in [0.2, 0.25) is 15.9 Å². The number of sulfonamides is 1. The van der Waals surface area contributed by atoms with Crippen molar-refractivity contribution in [3.8, 4) is 0 Å². The number of hydrogen-bond acceptors (Lipinski definition) is 3. The lowest BCUT2D eigenvalue weighted by Crippen LogP contribution is -2.43. The second-order valence-corrected chi connectivity index (χ2v) is 6.58. The zero-order chi connectivity index (χ0) is 12.3. The molecule has 0 saturated carbocycles. The fraction of sp³-hybridized carbons (Fsp3) is 0.900. The van der Waals surface area contributed by atoms with E-state index in [-0.39, 0.29) is 17.9 Å². The van der Waals surface area contributed by atoms with Gasteiger partial charge >= 0.3 is 0 Å². The maximum Gasteiger partial charge on any atom is 0.223 e. The van der Waals surface area contributed by atoms with Crippen LogP contribution in [0.15, 0.2) is 0 Å². The first-order chi connectivity index (χ1) is 7.30. The molecule has 0 aromatic carbocycles. The molecule has 1 heterocycles. The van der Waals surface area contributed by atoms with Gasteiger partial charge in [-0.1, -0.05) is 0 Å². The Morgan fingerprint density at radius 2 is 1.81 bits per heavy atom.